The highest BCUT2D eigenvalue weighted by Gasteiger charge is 2.52. The van der Waals surface area contributed by atoms with E-state index in [1.165, 1.54) is 0 Å². The highest BCUT2D eigenvalue weighted by Crippen LogP contribution is 2.41. The van der Waals surface area contributed by atoms with Gasteiger partial charge in [-0.3, -0.25) is 4.79 Å². The summed E-state index contributed by atoms with van der Waals surface area (Å²) in [5.41, 5.74) is 1.24. The van der Waals surface area contributed by atoms with Gasteiger partial charge in [0.1, 0.15) is 11.2 Å². The lowest BCUT2D eigenvalue weighted by Gasteiger charge is -2.33. The van der Waals surface area contributed by atoms with Crippen LogP contribution in [-0.2, 0) is 32.0 Å². The Morgan fingerprint density at radius 2 is 2.07 bits per heavy atom. The van der Waals surface area contributed by atoms with Crippen molar-refractivity contribution in [1.29, 1.82) is 0 Å². The highest BCUT2D eigenvalue weighted by molar-refractivity contribution is 5.79. The van der Waals surface area contributed by atoms with E-state index in [2.05, 4.69) is 6.92 Å². The molecule has 0 amide bonds. The normalized spacial score (nSPS) is 20.4. The zero-order chi connectivity index (χ0) is 20.6. The summed E-state index contributed by atoms with van der Waals surface area (Å²) < 4.78 is 21.8. The minimum atomic E-state index is -0.887. The Morgan fingerprint density at radius 3 is 2.68 bits per heavy atom. The maximum Gasteiger partial charge on any atom is 0.315 e. The molecule has 2 unspecified atom stereocenters. The molecule has 6 nitrogen and oxygen atoms in total. The van der Waals surface area contributed by atoms with Gasteiger partial charge in [0.05, 0.1) is 32.5 Å². The first-order chi connectivity index (χ1) is 13.5. The van der Waals surface area contributed by atoms with E-state index in [4.69, 9.17) is 18.9 Å². The Morgan fingerprint density at radius 1 is 1.29 bits per heavy atom. The van der Waals surface area contributed by atoms with Crippen molar-refractivity contribution >= 4 is 5.97 Å². The van der Waals surface area contributed by atoms with Gasteiger partial charge in [0.15, 0.2) is 0 Å². The lowest BCUT2D eigenvalue weighted by molar-refractivity contribution is -0.158. The lowest BCUT2D eigenvalue weighted by atomic mass is 9.71. The highest BCUT2D eigenvalue weighted by atomic mass is 16.5. The standard InChI is InChI=1S/C22H34O6/c1-5-18-8-7-17(13-19(18)27-11-6-10-25-4)14-26-15-20(23)22(16(2)3)9-12-28-21(22)24/h7-8,13,16,20,23H,5-6,9-12,14-15H2,1-4H3. The zero-order valence-electron chi connectivity index (χ0n) is 17.5. The second kappa shape index (κ2) is 10.8. The van der Waals surface area contributed by atoms with Crippen LogP contribution in [0.15, 0.2) is 18.2 Å². The number of methoxy groups -OCH3 is 1. The Bertz CT molecular complexity index is 629. The van der Waals surface area contributed by atoms with Crippen LogP contribution in [0.5, 0.6) is 5.75 Å². The molecule has 2 rings (SSSR count). The number of benzene rings is 1. The van der Waals surface area contributed by atoms with E-state index in [0.717, 1.165) is 29.7 Å². The maximum atomic E-state index is 12.2. The molecule has 1 aliphatic heterocycles. The van der Waals surface area contributed by atoms with Gasteiger partial charge >= 0.3 is 5.97 Å². The minimum absolute atomic E-state index is 0.0166. The summed E-state index contributed by atoms with van der Waals surface area (Å²) >= 11 is 0. The third kappa shape index (κ3) is 5.25. The van der Waals surface area contributed by atoms with Crippen LogP contribution in [0.3, 0.4) is 0 Å². The second-order valence-corrected chi connectivity index (χ2v) is 7.60. The fourth-order valence-electron chi connectivity index (χ4n) is 3.70. The van der Waals surface area contributed by atoms with Crippen molar-refractivity contribution in [2.45, 2.75) is 52.7 Å². The van der Waals surface area contributed by atoms with Gasteiger partial charge in [-0.2, -0.15) is 0 Å². The van der Waals surface area contributed by atoms with Crippen molar-refractivity contribution in [3.8, 4) is 5.75 Å². The third-order valence-electron chi connectivity index (χ3n) is 5.56. The molecule has 1 saturated heterocycles. The number of carbonyl (C=O) groups excluding carboxylic acids is 1. The topological polar surface area (TPSA) is 74.2 Å². The number of ether oxygens (including phenoxy) is 4. The minimum Gasteiger partial charge on any atom is -0.493 e. The quantitative estimate of drug-likeness (QED) is 0.434. The van der Waals surface area contributed by atoms with Crippen molar-refractivity contribution < 1.29 is 28.8 Å². The number of hydrogen-bond donors (Lipinski definition) is 1. The molecule has 0 aliphatic carbocycles. The number of hydrogen-bond acceptors (Lipinski definition) is 6. The van der Waals surface area contributed by atoms with Crippen molar-refractivity contribution in [2.24, 2.45) is 11.3 Å². The van der Waals surface area contributed by atoms with Crippen LogP contribution >= 0.6 is 0 Å². The molecular formula is C22H34O6. The zero-order valence-corrected chi connectivity index (χ0v) is 17.5. The maximum absolute atomic E-state index is 12.2. The molecule has 0 bridgehead atoms. The Labute approximate surface area is 168 Å². The van der Waals surface area contributed by atoms with E-state index < -0.39 is 11.5 Å². The average molecular weight is 395 g/mol. The molecule has 0 radical (unpaired) electrons. The van der Waals surface area contributed by atoms with E-state index in [-0.39, 0.29) is 18.5 Å². The molecule has 158 valence electrons. The van der Waals surface area contributed by atoms with Crippen LogP contribution < -0.4 is 4.74 Å². The van der Waals surface area contributed by atoms with Crippen LogP contribution in [0.2, 0.25) is 0 Å². The van der Waals surface area contributed by atoms with E-state index in [0.29, 0.717) is 32.8 Å². The molecule has 0 aromatic heterocycles. The Hall–Kier alpha value is -1.63. The summed E-state index contributed by atoms with van der Waals surface area (Å²) in [6.45, 7) is 8.03. The molecule has 6 heteroatoms. The summed E-state index contributed by atoms with van der Waals surface area (Å²) in [5, 5.41) is 10.7. The predicted octanol–water partition coefficient (Wildman–Crippen LogP) is 3.13. The number of aliphatic hydroxyl groups excluding tert-OH is 1. The summed E-state index contributed by atoms with van der Waals surface area (Å²) in [5.74, 6) is 0.521. The summed E-state index contributed by atoms with van der Waals surface area (Å²) in [6.07, 6.45) is 1.36. The molecule has 2 atom stereocenters. The van der Waals surface area contributed by atoms with Crippen LogP contribution in [0, 0.1) is 11.3 Å². The first kappa shape index (κ1) is 22.7. The lowest BCUT2D eigenvalue weighted by Crippen LogP contribution is -2.46. The fourth-order valence-corrected chi connectivity index (χ4v) is 3.70. The van der Waals surface area contributed by atoms with Gasteiger partial charge in [0.25, 0.3) is 0 Å². The van der Waals surface area contributed by atoms with Crippen LogP contribution in [-0.4, -0.2) is 50.7 Å². The first-order valence-corrected chi connectivity index (χ1v) is 10.1. The third-order valence-corrected chi connectivity index (χ3v) is 5.56. The molecule has 1 aromatic carbocycles. The molecule has 0 spiro atoms. The molecule has 1 aromatic rings. The molecule has 1 aliphatic rings. The molecule has 1 fully saturated rings. The van der Waals surface area contributed by atoms with Crippen molar-refractivity contribution in [3.63, 3.8) is 0 Å². The molecular weight excluding hydrogens is 360 g/mol. The van der Waals surface area contributed by atoms with Crippen molar-refractivity contribution in [2.75, 3.05) is 33.5 Å². The molecule has 1 heterocycles. The van der Waals surface area contributed by atoms with Gasteiger partial charge in [-0.05, 0) is 29.5 Å². The molecule has 0 saturated carbocycles. The van der Waals surface area contributed by atoms with E-state index >= 15 is 0 Å². The van der Waals surface area contributed by atoms with Gasteiger partial charge in [0, 0.05) is 26.6 Å². The van der Waals surface area contributed by atoms with Crippen LogP contribution in [0.1, 0.15) is 44.7 Å². The SMILES string of the molecule is CCc1ccc(COCC(O)C2(C(C)C)CCOC2=O)cc1OCCCOC. The van der Waals surface area contributed by atoms with Gasteiger partial charge in [-0.15, -0.1) is 0 Å². The van der Waals surface area contributed by atoms with Crippen LogP contribution in [0.25, 0.3) is 0 Å². The smallest absolute Gasteiger partial charge is 0.315 e. The summed E-state index contributed by atoms with van der Waals surface area (Å²) in [6, 6.07) is 6.04. The Kier molecular flexibility index (Phi) is 8.73. The first-order valence-electron chi connectivity index (χ1n) is 10.1. The van der Waals surface area contributed by atoms with E-state index in [9.17, 15) is 9.90 Å². The van der Waals surface area contributed by atoms with Gasteiger partial charge < -0.3 is 24.1 Å². The second-order valence-electron chi connectivity index (χ2n) is 7.60. The van der Waals surface area contributed by atoms with E-state index in [1.54, 1.807) is 7.11 Å². The fraction of sp³-hybridized carbons (Fsp3) is 0.682. The van der Waals surface area contributed by atoms with Gasteiger partial charge in [-0.1, -0.05) is 32.9 Å². The van der Waals surface area contributed by atoms with Crippen molar-refractivity contribution in [3.05, 3.63) is 29.3 Å². The Balaban J connectivity index is 1.93. The summed E-state index contributed by atoms with van der Waals surface area (Å²) in [7, 11) is 1.68. The van der Waals surface area contributed by atoms with Gasteiger partial charge in [0.2, 0.25) is 0 Å². The number of aryl methyl sites for hydroxylation is 1. The number of cyclic esters (lactones) is 1. The largest absolute Gasteiger partial charge is 0.493 e. The molecule has 28 heavy (non-hydrogen) atoms. The summed E-state index contributed by atoms with van der Waals surface area (Å²) in [4.78, 5) is 12.2. The van der Waals surface area contributed by atoms with E-state index in [1.807, 2.05) is 32.0 Å². The number of esters is 1. The molecule has 1 N–H and O–H groups in total. The number of rotatable bonds is 12. The number of carbonyl (C=O) groups is 1. The van der Waals surface area contributed by atoms with Crippen LogP contribution in [0.4, 0.5) is 0 Å². The number of aliphatic hydroxyl groups is 1. The predicted molar refractivity (Wildman–Crippen MR) is 106 cm³/mol. The monoisotopic (exact) mass is 394 g/mol. The van der Waals surface area contributed by atoms with Gasteiger partial charge in [-0.25, -0.2) is 0 Å². The van der Waals surface area contributed by atoms with Crippen molar-refractivity contribution in [1.82, 2.24) is 0 Å². The average Bonchev–Trinajstić information content (AvgIpc) is 3.08.